The van der Waals surface area contributed by atoms with Gasteiger partial charge >= 0.3 is 0 Å². The first-order chi connectivity index (χ1) is 12.0. The van der Waals surface area contributed by atoms with Crippen LogP contribution in [0.1, 0.15) is 29.5 Å². The molecular weight excluding hydrogens is 334 g/mol. The summed E-state index contributed by atoms with van der Waals surface area (Å²) in [7, 11) is -3.61. The Morgan fingerprint density at radius 3 is 2.64 bits per heavy atom. The second-order valence-corrected chi connectivity index (χ2v) is 8.45. The van der Waals surface area contributed by atoms with Crippen LogP contribution in [0.25, 0.3) is 0 Å². The van der Waals surface area contributed by atoms with Gasteiger partial charge in [0.15, 0.2) is 0 Å². The van der Waals surface area contributed by atoms with E-state index in [1.165, 1.54) is 0 Å². The Labute approximate surface area is 148 Å². The summed E-state index contributed by atoms with van der Waals surface area (Å²) in [5, 5.41) is 0. The zero-order chi connectivity index (χ0) is 17.5. The normalized spacial score (nSPS) is 25.2. The third-order valence-corrected chi connectivity index (χ3v) is 6.60. The number of nitrogens with one attached hydrogen (secondary N) is 1. The van der Waals surface area contributed by atoms with E-state index in [-0.39, 0.29) is 10.9 Å². The molecule has 0 saturated carbocycles. The minimum absolute atomic E-state index is 0.286. The van der Waals surface area contributed by atoms with E-state index in [2.05, 4.69) is 16.9 Å². The molecular formula is C20H21NO3S. The monoisotopic (exact) mass is 355 g/mol. The van der Waals surface area contributed by atoms with Crippen LogP contribution in [-0.2, 0) is 27.0 Å². The number of sulfonamides is 1. The predicted molar refractivity (Wildman–Crippen MR) is 96.6 cm³/mol. The molecule has 4 rings (SSSR count). The molecule has 0 amide bonds. The zero-order valence-electron chi connectivity index (χ0n) is 14.1. The Balaban J connectivity index is 1.70. The fraction of sp³-hybridized carbons (Fsp3) is 0.300. The lowest BCUT2D eigenvalue weighted by atomic mass is 9.79. The van der Waals surface area contributed by atoms with Crippen molar-refractivity contribution in [1.82, 2.24) is 4.72 Å². The molecule has 0 saturated heterocycles. The number of hydrogen-bond donors (Lipinski definition) is 1. The van der Waals surface area contributed by atoms with Crippen molar-refractivity contribution in [3.8, 4) is 0 Å². The van der Waals surface area contributed by atoms with E-state index in [0.717, 1.165) is 16.7 Å². The van der Waals surface area contributed by atoms with Gasteiger partial charge in [0.05, 0.1) is 17.5 Å². The van der Waals surface area contributed by atoms with Crippen LogP contribution in [0.4, 0.5) is 0 Å². The molecule has 1 heterocycles. The largest absolute Gasteiger partial charge is 0.364 e. The van der Waals surface area contributed by atoms with Gasteiger partial charge in [-0.3, -0.25) is 0 Å². The Morgan fingerprint density at radius 1 is 1.08 bits per heavy atom. The third kappa shape index (κ3) is 2.82. The standard InChI is InChI=1S/C20H21NO3S/c1-15-9-11-17(12-10-15)25(22,23)21-19-8-4-5-13-20(19)18-7-3-2-6-16(18)14-24-20/h2-7,9-12,19,21H,8,13-14H2,1H3/t19-,20+/m0/s1. The molecule has 4 nitrogen and oxygen atoms in total. The van der Waals surface area contributed by atoms with E-state index in [1.807, 2.05) is 43.3 Å². The number of aryl methyl sites for hydroxylation is 1. The van der Waals surface area contributed by atoms with Crippen LogP contribution < -0.4 is 4.72 Å². The van der Waals surface area contributed by atoms with Crippen LogP contribution in [0.2, 0.25) is 0 Å². The summed E-state index contributed by atoms with van der Waals surface area (Å²) in [6, 6.07) is 14.7. The van der Waals surface area contributed by atoms with Gasteiger partial charge in [-0.2, -0.15) is 0 Å². The van der Waals surface area contributed by atoms with Gasteiger partial charge in [0.25, 0.3) is 0 Å². The molecule has 2 aliphatic rings. The molecule has 25 heavy (non-hydrogen) atoms. The third-order valence-electron chi connectivity index (χ3n) is 5.11. The number of fused-ring (bicyclic) bond motifs is 2. The van der Waals surface area contributed by atoms with Gasteiger partial charge in [0.1, 0.15) is 5.60 Å². The lowest BCUT2D eigenvalue weighted by Crippen LogP contribution is -2.51. The highest BCUT2D eigenvalue weighted by Crippen LogP contribution is 2.45. The average Bonchev–Trinajstić information content (AvgIpc) is 2.97. The lowest BCUT2D eigenvalue weighted by molar-refractivity contribution is -0.0613. The maximum atomic E-state index is 12.9. The van der Waals surface area contributed by atoms with Crippen LogP contribution in [-0.4, -0.2) is 14.5 Å². The highest BCUT2D eigenvalue weighted by atomic mass is 32.2. The van der Waals surface area contributed by atoms with Crippen molar-refractivity contribution in [2.45, 2.75) is 42.9 Å². The van der Waals surface area contributed by atoms with E-state index in [1.54, 1.807) is 12.1 Å². The van der Waals surface area contributed by atoms with Gasteiger partial charge in [-0.1, -0.05) is 54.1 Å². The van der Waals surface area contributed by atoms with Crippen molar-refractivity contribution in [1.29, 1.82) is 0 Å². The maximum absolute atomic E-state index is 12.9. The molecule has 1 aliphatic carbocycles. The average molecular weight is 355 g/mol. The molecule has 2 atom stereocenters. The minimum Gasteiger partial charge on any atom is -0.364 e. The highest BCUT2D eigenvalue weighted by Gasteiger charge is 2.48. The number of benzene rings is 2. The first kappa shape index (κ1) is 16.5. The van der Waals surface area contributed by atoms with Crippen molar-refractivity contribution in [2.24, 2.45) is 0 Å². The van der Waals surface area contributed by atoms with E-state index in [9.17, 15) is 8.42 Å². The minimum atomic E-state index is -3.61. The Hall–Kier alpha value is -1.95. The quantitative estimate of drug-likeness (QED) is 0.859. The fourth-order valence-corrected chi connectivity index (χ4v) is 5.03. The van der Waals surface area contributed by atoms with Gasteiger partial charge in [-0.05, 0) is 36.6 Å². The van der Waals surface area contributed by atoms with Crippen LogP contribution in [0.5, 0.6) is 0 Å². The van der Waals surface area contributed by atoms with Gasteiger partial charge in [0.2, 0.25) is 10.0 Å². The topological polar surface area (TPSA) is 55.4 Å². The second-order valence-electron chi connectivity index (χ2n) is 6.73. The predicted octanol–water partition coefficient (Wildman–Crippen LogP) is 3.42. The van der Waals surface area contributed by atoms with Gasteiger partial charge in [-0.15, -0.1) is 0 Å². The van der Waals surface area contributed by atoms with Crippen molar-refractivity contribution < 1.29 is 13.2 Å². The van der Waals surface area contributed by atoms with Crippen LogP contribution >= 0.6 is 0 Å². The van der Waals surface area contributed by atoms with Crippen LogP contribution in [0.15, 0.2) is 65.6 Å². The maximum Gasteiger partial charge on any atom is 0.240 e. The Morgan fingerprint density at radius 2 is 1.84 bits per heavy atom. The van der Waals surface area contributed by atoms with Crippen molar-refractivity contribution >= 4 is 10.0 Å². The molecule has 1 spiro atoms. The molecule has 2 aromatic rings. The lowest BCUT2D eigenvalue weighted by Gasteiger charge is -2.39. The molecule has 0 radical (unpaired) electrons. The molecule has 5 heteroatoms. The summed E-state index contributed by atoms with van der Waals surface area (Å²) >= 11 is 0. The molecule has 1 N–H and O–H groups in total. The van der Waals surface area contributed by atoms with Crippen LogP contribution in [0, 0.1) is 6.92 Å². The van der Waals surface area contributed by atoms with Crippen molar-refractivity contribution in [3.63, 3.8) is 0 Å². The Kier molecular flexibility index (Phi) is 4.02. The summed E-state index contributed by atoms with van der Waals surface area (Å²) in [4.78, 5) is 0.286. The summed E-state index contributed by atoms with van der Waals surface area (Å²) in [6.45, 7) is 2.46. The molecule has 0 fully saturated rings. The first-order valence-corrected chi connectivity index (χ1v) is 9.96. The molecule has 0 unspecified atom stereocenters. The number of rotatable bonds is 3. The number of ether oxygens (including phenoxy) is 1. The van der Waals surface area contributed by atoms with Crippen LogP contribution in [0.3, 0.4) is 0 Å². The van der Waals surface area contributed by atoms with E-state index >= 15 is 0 Å². The van der Waals surface area contributed by atoms with E-state index < -0.39 is 15.6 Å². The molecule has 130 valence electrons. The number of hydrogen-bond acceptors (Lipinski definition) is 3. The van der Waals surface area contributed by atoms with Crippen molar-refractivity contribution in [2.75, 3.05) is 0 Å². The van der Waals surface area contributed by atoms with Crippen molar-refractivity contribution in [3.05, 3.63) is 77.4 Å². The Bertz CT molecular complexity index is 918. The fourth-order valence-electron chi connectivity index (χ4n) is 3.74. The summed E-state index contributed by atoms with van der Waals surface area (Å²) < 4.78 is 34.8. The second kappa shape index (κ2) is 6.09. The molecule has 1 aliphatic heterocycles. The van der Waals surface area contributed by atoms with Gasteiger partial charge in [-0.25, -0.2) is 13.1 Å². The SMILES string of the molecule is Cc1ccc(S(=O)(=O)N[C@H]2CC=CC[C@]23OCc2ccccc23)cc1. The molecule has 2 aromatic carbocycles. The summed E-state index contributed by atoms with van der Waals surface area (Å²) in [5.74, 6) is 0. The van der Waals surface area contributed by atoms with Gasteiger partial charge in [0, 0.05) is 6.42 Å². The first-order valence-electron chi connectivity index (χ1n) is 8.48. The van der Waals surface area contributed by atoms with Gasteiger partial charge < -0.3 is 4.74 Å². The van der Waals surface area contributed by atoms with E-state index in [4.69, 9.17) is 4.74 Å². The zero-order valence-corrected chi connectivity index (χ0v) is 14.9. The summed E-state index contributed by atoms with van der Waals surface area (Å²) in [5.41, 5.74) is 2.64. The molecule has 0 bridgehead atoms. The molecule has 0 aromatic heterocycles. The van der Waals surface area contributed by atoms with E-state index in [0.29, 0.717) is 19.4 Å². The summed E-state index contributed by atoms with van der Waals surface area (Å²) in [6.07, 6.45) is 5.39. The smallest absolute Gasteiger partial charge is 0.240 e. The highest BCUT2D eigenvalue weighted by molar-refractivity contribution is 7.89.